The monoisotopic (exact) mass is 399 g/mol. The third-order valence-corrected chi connectivity index (χ3v) is 4.90. The van der Waals surface area contributed by atoms with E-state index < -0.39 is 38.2 Å². The number of nitro benzene ring substituents is 1. The minimum absolute atomic E-state index is 0.0449. The number of hydrogen-bond acceptors (Lipinski definition) is 5. The molecule has 0 saturated heterocycles. The number of sulfonamides is 1. The summed E-state index contributed by atoms with van der Waals surface area (Å²) in [6.07, 6.45) is 0.0760. The van der Waals surface area contributed by atoms with E-state index in [-0.39, 0.29) is 30.0 Å². The number of nitro groups is 1. The Balaban J connectivity index is 1.83. The molecule has 0 aliphatic rings. The van der Waals surface area contributed by atoms with Crippen LogP contribution in [0.4, 0.5) is 20.2 Å². The molecule has 2 rings (SSSR count). The van der Waals surface area contributed by atoms with Crippen LogP contribution in [0.5, 0.6) is 0 Å². The van der Waals surface area contributed by atoms with Crippen LogP contribution in [0.25, 0.3) is 0 Å². The third-order valence-electron chi connectivity index (χ3n) is 3.42. The molecule has 0 bridgehead atoms. The molecule has 0 fully saturated rings. The number of halogens is 2. The highest BCUT2D eigenvalue weighted by atomic mass is 32.2. The maximum Gasteiger partial charge on any atom is 0.306 e. The van der Waals surface area contributed by atoms with Gasteiger partial charge in [0.05, 0.1) is 9.82 Å². The van der Waals surface area contributed by atoms with Crippen LogP contribution in [0.15, 0.2) is 47.4 Å². The summed E-state index contributed by atoms with van der Waals surface area (Å²) >= 11 is 0. The summed E-state index contributed by atoms with van der Waals surface area (Å²) < 4.78 is 52.3. The highest BCUT2D eigenvalue weighted by molar-refractivity contribution is 7.89. The Bertz CT molecular complexity index is 949. The molecule has 2 aromatic carbocycles. The number of hydrogen-bond donors (Lipinski definition) is 2. The van der Waals surface area contributed by atoms with Crippen LogP contribution in [-0.4, -0.2) is 25.8 Å². The molecule has 2 aromatic rings. The maximum absolute atomic E-state index is 13.2. The van der Waals surface area contributed by atoms with E-state index in [0.717, 1.165) is 36.4 Å². The van der Waals surface area contributed by atoms with E-state index in [2.05, 4.69) is 10.0 Å². The van der Waals surface area contributed by atoms with E-state index in [1.807, 2.05) is 0 Å². The molecule has 0 heterocycles. The van der Waals surface area contributed by atoms with Gasteiger partial charge < -0.3 is 5.32 Å². The summed E-state index contributed by atoms with van der Waals surface area (Å²) in [6, 6.07) is 7.21. The van der Waals surface area contributed by atoms with E-state index in [0.29, 0.717) is 0 Å². The topological polar surface area (TPSA) is 118 Å². The largest absolute Gasteiger partial charge is 0.326 e. The smallest absolute Gasteiger partial charge is 0.306 e. The summed E-state index contributed by atoms with van der Waals surface area (Å²) in [5.41, 5.74) is -0.708. The summed E-state index contributed by atoms with van der Waals surface area (Å²) in [7, 11) is -3.82. The zero-order chi connectivity index (χ0) is 20.0. The molecule has 11 heteroatoms. The Morgan fingerprint density at radius 1 is 1.11 bits per heavy atom. The molecule has 0 atom stereocenters. The highest BCUT2D eigenvalue weighted by Crippen LogP contribution is 2.21. The lowest BCUT2D eigenvalue weighted by atomic mass is 10.2. The molecule has 0 aliphatic carbocycles. The quantitative estimate of drug-likeness (QED) is 0.402. The fourth-order valence-corrected chi connectivity index (χ4v) is 3.18. The van der Waals surface area contributed by atoms with E-state index in [9.17, 15) is 32.1 Å². The Morgan fingerprint density at radius 3 is 2.41 bits per heavy atom. The second kappa shape index (κ2) is 8.64. The van der Waals surface area contributed by atoms with Crippen molar-refractivity contribution in [3.63, 3.8) is 0 Å². The molecule has 1 amide bonds. The third kappa shape index (κ3) is 5.79. The second-order valence-electron chi connectivity index (χ2n) is 5.43. The molecule has 0 unspecified atom stereocenters. The SMILES string of the molecule is O=C(CCCNS(=O)(=O)c1ccc(F)cc1)Nc1ccc(F)c([N+](=O)[O-])c1. The summed E-state index contributed by atoms with van der Waals surface area (Å²) in [5, 5.41) is 13.0. The molecule has 0 saturated carbocycles. The van der Waals surface area contributed by atoms with Crippen molar-refractivity contribution in [3.05, 3.63) is 64.2 Å². The van der Waals surface area contributed by atoms with Crippen LogP contribution in [-0.2, 0) is 14.8 Å². The number of carbonyl (C=O) groups excluding carboxylic acids is 1. The van der Waals surface area contributed by atoms with Crippen LogP contribution < -0.4 is 10.0 Å². The maximum atomic E-state index is 13.2. The van der Waals surface area contributed by atoms with E-state index in [4.69, 9.17) is 0 Å². The van der Waals surface area contributed by atoms with Crippen molar-refractivity contribution >= 4 is 27.3 Å². The zero-order valence-electron chi connectivity index (χ0n) is 13.8. The summed E-state index contributed by atoms with van der Waals surface area (Å²) in [6.45, 7) is -0.0449. The van der Waals surface area contributed by atoms with Gasteiger partial charge in [-0.25, -0.2) is 17.5 Å². The first kappa shape index (κ1) is 20.4. The van der Waals surface area contributed by atoms with Gasteiger partial charge in [0.2, 0.25) is 21.7 Å². The number of carbonyl (C=O) groups is 1. The Morgan fingerprint density at radius 2 is 1.78 bits per heavy atom. The Kier molecular flexibility index (Phi) is 6.53. The van der Waals surface area contributed by atoms with E-state index in [1.54, 1.807) is 0 Å². The molecular weight excluding hydrogens is 384 g/mol. The van der Waals surface area contributed by atoms with E-state index >= 15 is 0 Å². The van der Waals surface area contributed by atoms with Crippen LogP contribution in [0.2, 0.25) is 0 Å². The van der Waals surface area contributed by atoms with Gasteiger partial charge >= 0.3 is 5.69 Å². The van der Waals surface area contributed by atoms with Crippen molar-refractivity contribution in [2.45, 2.75) is 17.7 Å². The molecule has 0 aliphatic heterocycles. The lowest BCUT2D eigenvalue weighted by Gasteiger charge is -2.08. The first-order chi connectivity index (χ1) is 12.7. The van der Waals surface area contributed by atoms with Crippen molar-refractivity contribution in [3.8, 4) is 0 Å². The molecule has 8 nitrogen and oxygen atoms in total. The Labute approximate surface area is 153 Å². The minimum Gasteiger partial charge on any atom is -0.326 e. The van der Waals surface area contributed by atoms with Crippen molar-refractivity contribution in [1.82, 2.24) is 4.72 Å². The van der Waals surface area contributed by atoms with Gasteiger partial charge in [0, 0.05) is 24.7 Å². The standard InChI is InChI=1S/C16H15F2N3O5S/c17-11-3-6-13(7-4-11)27(25,26)19-9-1-2-16(22)20-12-5-8-14(18)15(10-12)21(23)24/h3-8,10,19H,1-2,9H2,(H,20,22). The first-order valence-corrected chi connectivity index (χ1v) is 9.16. The van der Waals surface area contributed by atoms with Crippen molar-refractivity contribution < 1.29 is 26.9 Å². The Hall–Kier alpha value is -2.92. The molecule has 0 radical (unpaired) electrons. The highest BCUT2D eigenvalue weighted by Gasteiger charge is 2.16. The lowest BCUT2D eigenvalue weighted by Crippen LogP contribution is -2.25. The van der Waals surface area contributed by atoms with Gasteiger partial charge in [0.25, 0.3) is 0 Å². The van der Waals surface area contributed by atoms with Gasteiger partial charge in [0.1, 0.15) is 5.82 Å². The van der Waals surface area contributed by atoms with Crippen LogP contribution in [0, 0.1) is 21.7 Å². The minimum atomic E-state index is -3.82. The molecule has 2 N–H and O–H groups in total. The van der Waals surface area contributed by atoms with Crippen molar-refractivity contribution in [2.24, 2.45) is 0 Å². The average molecular weight is 399 g/mol. The molecule has 0 aromatic heterocycles. The van der Waals surface area contributed by atoms with Gasteiger partial charge in [-0.15, -0.1) is 0 Å². The number of nitrogens with one attached hydrogen (secondary N) is 2. The number of nitrogens with zero attached hydrogens (tertiary/aromatic N) is 1. The van der Waals surface area contributed by atoms with Crippen molar-refractivity contribution in [1.29, 1.82) is 0 Å². The number of benzene rings is 2. The predicted molar refractivity (Wildman–Crippen MR) is 92.5 cm³/mol. The van der Waals surface area contributed by atoms with Gasteiger partial charge in [-0.2, -0.15) is 4.39 Å². The van der Waals surface area contributed by atoms with Gasteiger partial charge in [-0.05, 0) is 42.8 Å². The predicted octanol–water partition coefficient (Wildman–Crippen LogP) is 2.57. The molecule has 27 heavy (non-hydrogen) atoms. The summed E-state index contributed by atoms with van der Waals surface area (Å²) in [4.78, 5) is 21.5. The number of rotatable bonds is 8. The number of anilines is 1. The van der Waals surface area contributed by atoms with Crippen LogP contribution in [0.3, 0.4) is 0 Å². The van der Waals surface area contributed by atoms with Gasteiger partial charge in [0.15, 0.2) is 0 Å². The fraction of sp³-hybridized carbons (Fsp3) is 0.188. The van der Waals surface area contributed by atoms with Crippen molar-refractivity contribution in [2.75, 3.05) is 11.9 Å². The first-order valence-electron chi connectivity index (χ1n) is 7.68. The second-order valence-corrected chi connectivity index (χ2v) is 7.19. The summed E-state index contributed by atoms with van der Waals surface area (Å²) in [5.74, 6) is -2.10. The normalized spacial score (nSPS) is 11.2. The molecule has 0 spiro atoms. The molecular formula is C16H15F2N3O5S. The van der Waals surface area contributed by atoms with Gasteiger partial charge in [-0.3, -0.25) is 14.9 Å². The lowest BCUT2D eigenvalue weighted by molar-refractivity contribution is -0.387. The van der Waals surface area contributed by atoms with Crippen LogP contribution in [0.1, 0.15) is 12.8 Å². The zero-order valence-corrected chi connectivity index (χ0v) is 14.6. The number of amides is 1. The average Bonchev–Trinajstić information content (AvgIpc) is 2.60. The van der Waals surface area contributed by atoms with E-state index in [1.165, 1.54) is 6.07 Å². The van der Waals surface area contributed by atoms with Gasteiger partial charge in [-0.1, -0.05) is 0 Å². The van der Waals surface area contributed by atoms with Crippen LogP contribution >= 0.6 is 0 Å². The molecule has 144 valence electrons. The fourth-order valence-electron chi connectivity index (χ4n) is 2.11.